The van der Waals surface area contributed by atoms with Crippen LogP contribution in [0.3, 0.4) is 0 Å². The maximum absolute atomic E-state index is 12.9. The number of hydrogen-bond acceptors (Lipinski definition) is 2. The van der Waals surface area contributed by atoms with E-state index in [0.717, 1.165) is 17.9 Å². The van der Waals surface area contributed by atoms with Gasteiger partial charge in [-0.25, -0.2) is 9.37 Å². The lowest BCUT2D eigenvalue weighted by Gasteiger charge is -2.15. The Kier molecular flexibility index (Phi) is 2.17. The second kappa shape index (κ2) is 3.32. The Balaban J connectivity index is 2.13. The van der Waals surface area contributed by atoms with Crippen LogP contribution in [0.15, 0.2) is 18.3 Å². The topological polar surface area (TPSA) is 16.1 Å². The van der Waals surface area contributed by atoms with Gasteiger partial charge in [-0.15, -0.1) is 0 Å². The average Bonchev–Trinajstić information content (AvgIpc) is 2.53. The smallest absolute Gasteiger partial charge is 0.128 e. The Morgan fingerprint density at radius 1 is 1.54 bits per heavy atom. The summed E-state index contributed by atoms with van der Waals surface area (Å²) in [4.78, 5) is 6.24. The third kappa shape index (κ3) is 1.79. The molecule has 0 saturated carbocycles. The zero-order valence-electron chi connectivity index (χ0n) is 7.70. The van der Waals surface area contributed by atoms with Crippen LogP contribution in [-0.2, 0) is 0 Å². The summed E-state index contributed by atoms with van der Waals surface area (Å²) < 4.78 is 12.9. The van der Waals surface area contributed by atoms with Crippen LogP contribution in [0.2, 0.25) is 0 Å². The van der Waals surface area contributed by atoms with Crippen molar-refractivity contribution in [1.82, 2.24) is 4.98 Å². The SMILES string of the molecule is Cc1ccc(N2CC[C@H](F)C2)nc1. The van der Waals surface area contributed by atoms with Crippen molar-refractivity contribution in [3.63, 3.8) is 0 Å². The fourth-order valence-corrected chi connectivity index (χ4v) is 1.57. The van der Waals surface area contributed by atoms with E-state index in [1.54, 1.807) is 0 Å². The summed E-state index contributed by atoms with van der Waals surface area (Å²) in [6.07, 6.45) is 1.78. The number of rotatable bonds is 1. The van der Waals surface area contributed by atoms with E-state index >= 15 is 0 Å². The second-order valence-corrected chi connectivity index (χ2v) is 3.53. The van der Waals surface area contributed by atoms with Gasteiger partial charge in [0.05, 0.1) is 6.54 Å². The molecule has 0 bridgehead atoms. The van der Waals surface area contributed by atoms with Crippen LogP contribution in [0.1, 0.15) is 12.0 Å². The maximum atomic E-state index is 12.9. The molecule has 0 aromatic carbocycles. The normalized spacial score (nSPS) is 22.3. The number of aryl methyl sites for hydroxylation is 1. The molecule has 2 rings (SSSR count). The van der Waals surface area contributed by atoms with Gasteiger partial charge in [0.2, 0.25) is 0 Å². The minimum absolute atomic E-state index is 0.496. The third-order valence-corrected chi connectivity index (χ3v) is 2.35. The highest BCUT2D eigenvalue weighted by molar-refractivity contribution is 5.40. The predicted molar refractivity (Wildman–Crippen MR) is 50.7 cm³/mol. The number of alkyl halides is 1. The summed E-state index contributed by atoms with van der Waals surface area (Å²) >= 11 is 0. The van der Waals surface area contributed by atoms with Crippen molar-refractivity contribution < 1.29 is 4.39 Å². The molecule has 1 saturated heterocycles. The third-order valence-electron chi connectivity index (χ3n) is 2.35. The minimum atomic E-state index is -0.678. The molecule has 2 heterocycles. The Morgan fingerprint density at radius 2 is 2.38 bits per heavy atom. The van der Waals surface area contributed by atoms with Gasteiger partial charge in [-0.1, -0.05) is 6.07 Å². The molecule has 13 heavy (non-hydrogen) atoms. The average molecular weight is 180 g/mol. The fraction of sp³-hybridized carbons (Fsp3) is 0.500. The molecule has 0 aliphatic carbocycles. The van der Waals surface area contributed by atoms with Crippen LogP contribution < -0.4 is 4.90 Å². The van der Waals surface area contributed by atoms with E-state index in [1.807, 2.05) is 30.2 Å². The van der Waals surface area contributed by atoms with Crippen LogP contribution in [0.5, 0.6) is 0 Å². The zero-order chi connectivity index (χ0) is 9.26. The predicted octanol–water partition coefficient (Wildman–Crippen LogP) is 1.94. The summed E-state index contributed by atoms with van der Waals surface area (Å²) in [6, 6.07) is 3.96. The van der Waals surface area contributed by atoms with Crippen LogP contribution >= 0.6 is 0 Å². The van der Waals surface area contributed by atoms with Crippen molar-refractivity contribution in [3.05, 3.63) is 23.9 Å². The van der Waals surface area contributed by atoms with Crippen LogP contribution in [-0.4, -0.2) is 24.2 Å². The van der Waals surface area contributed by atoms with E-state index in [1.165, 1.54) is 0 Å². The summed E-state index contributed by atoms with van der Waals surface area (Å²) in [7, 11) is 0. The van der Waals surface area contributed by atoms with E-state index in [-0.39, 0.29) is 0 Å². The number of halogens is 1. The molecule has 1 aromatic heterocycles. The van der Waals surface area contributed by atoms with E-state index in [2.05, 4.69) is 4.98 Å². The second-order valence-electron chi connectivity index (χ2n) is 3.53. The van der Waals surface area contributed by atoms with Gasteiger partial charge in [-0.3, -0.25) is 0 Å². The van der Waals surface area contributed by atoms with E-state index in [0.29, 0.717) is 13.0 Å². The Morgan fingerprint density at radius 3 is 2.92 bits per heavy atom. The van der Waals surface area contributed by atoms with Crippen molar-refractivity contribution in [2.75, 3.05) is 18.0 Å². The first-order valence-corrected chi connectivity index (χ1v) is 4.57. The minimum Gasteiger partial charge on any atom is -0.354 e. The lowest BCUT2D eigenvalue weighted by atomic mass is 10.3. The van der Waals surface area contributed by atoms with E-state index in [4.69, 9.17) is 0 Å². The van der Waals surface area contributed by atoms with Gasteiger partial charge in [0, 0.05) is 12.7 Å². The fourth-order valence-electron chi connectivity index (χ4n) is 1.57. The molecule has 0 spiro atoms. The molecule has 70 valence electrons. The maximum Gasteiger partial charge on any atom is 0.128 e. The highest BCUT2D eigenvalue weighted by atomic mass is 19.1. The highest BCUT2D eigenvalue weighted by Gasteiger charge is 2.22. The quantitative estimate of drug-likeness (QED) is 0.656. The molecule has 0 radical (unpaired) electrons. The monoisotopic (exact) mass is 180 g/mol. The van der Waals surface area contributed by atoms with E-state index < -0.39 is 6.17 Å². The molecular formula is C10H13FN2. The lowest BCUT2D eigenvalue weighted by Crippen LogP contribution is -2.20. The zero-order valence-corrected chi connectivity index (χ0v) is 7.70. The Labute approximate surface area is 77.4 Å². The van der Waals surface area contributed by atoms with Crippen molar-refractivity contribution >= 4 is 5.82 Å². The largest absolute Gasteiger partial charge is 0.354 e. The first-order valence-electron chi connectivity index (χ1n) is 4.57. The highest BCUT2D eigenvalue weighted by Crippen LogP contribution is 2.19. The lowest BCUT2D eigenvalue weighted by molar-refractivity contribution is 0.364. The molecule has 0 N–H and O–H groups in total. The van der Waals surface area contributed by atoms with Crippen molar-refractivity contribution in [1.29, 1.82) is 0 Å². The van der Waals surface area contributed by atoms with Gasteiger partial charge >= 0.3 is 0 Å². The number of aromatic nitrogens is 1. The van der Waals surface area contributed by atoms with Crippen molar-refractivity contribution in [2.45, 2.75) is 19.5 Å². The molecule has 1 fully saturated rings. The van der Waals surface area contributed by atoms with Crippen LogP contribution in [0.25, 0.3) is 0 Å². The molecule has 0 unspecified atom stereocenters. The number of pyridine rings is 1. The summed E-state index contributed by atoms with van der Waals surface area (Å²) in [5, 5.41) is 0. The Hall–Kier alpha value is -1.12. The van der Waals surface area contributed by atoms with Gasteiger partial charge in [-0.05, 0) is 25.0 Å². The number of anilines is 1. The summed E-state index contributed by atoms with van der Waals surface area (Å²) in [5.74, 6) is 0.894. The number of hydrogen-bond donors (Lipinski definition) is 0. The first-order chi connectivity index (χ1) is 6.25. The van der Waals surface area contributed by atoms with Gasteiger partial charge in [0.1, 0.15) is 12.0 Å². The molecule has 0 amide bonds. The van der Waals surface area contributed by atoms with Gasteiger partial charge in [-0.2, -0.15) is 0 Å². The molecule has 1 aliphatic heterocycles. The molecule has 1 aliphatic rings. The number of nitrogens with zero attached hydrogens (tertiary/aromatic N) is 2. The molecular weight excluding hydrogens is 167 g/mol. The van der Waals surface area contributed by atoms with Crippen LogP contribution in [0, 0.1) is 6.92 Å². The molecule has 1 atom stereocenters. The van der Waals surface area contributed by atoms with Gasteiger partial charge in [0.15, 0.2) is 0 Å². The first kappa shape index (κ1) is 8.48. The summed E-state index contributed by atoms with van der Waals surface area (Å²) in [6.45, 7) is 3.28. The molecule has 1 aromatic rings. The van der Waals surface area contributed by atoms with Crippen molar-refractivity contribution in [2.24, 2.45) is 0 Å². The van der Waals surface area contributed by atoms with Crippen LogP contribution in [0.4, 0.5) is 10.2 Å². The molecule has 3 heteroatoms. The summed E-state index contributed by atoms with van der Waals surface area (Å²) in [5.41, 5.74) is 1.14. The van der Waals surface area contributed by atoms with Gasteiger partial charge < -0.3 is 4.90 Å². The van der Waals surface area contributed by atoms with Crippen molar-refractivity contribution in [3.8, 4) is 0 Å². The standard InChI is InChI=1S/C10H13FN2/c1-8-2-3-10(12-6-8)13-5-4-9(11)7-13/h2-3,6,9H,4-5,7H2,1H3/t9-/m0/s1. The van der Waals surface area contributed by atoms with Gasteiger partial charge in [0.25, 0.3) is 0 Å². The Bertz CT molecular complexity index is 283. The molecule has 2 nitrogen and oxygen atoms in total. The van der Waals surface area contributed by atoms with E-state index in [9.17, 15) is 4.39 Å².